The SMILES string of the molecule is Cl.Cl.O=C(CC1CSCCN1)Nc1cccc(N2CCCC2)c1. The maximum Gasteiger partial charge on any atom is 0.225 e. The molecule has 0 aliphatic carbocycles. The summed E-state index contributed by atoms with van der Waals surface area (Å²) in [6, 6.07) is 8.52. The van der Waals surface area contributed by atoms with Gasteiger partial charge in [0.1, 0.15) is 0 Å². The average molecular weight is 378 g/mol. The van der Waals surface area contributed by atoms with Crippen molar-refractivity contribution in [2.45, 2.75) is 25.3 Å². The smallest absolute Gasteiger partial charge is 0.225 e. The number of anilines is 2. The zero-order valence-electron chi connectivity index (χ0n) is 13.1. The van der Waals surface area contributed by atoms with Gasteiger partial charge in [0.25, 0.3) is 0 Å². The molecule has 23 heavy (non-hydrogen) atoms. The fourth-order valence-corrected chi connectivity index (χ4v) is 3.89. The Bertz CT molecular complexity index is 492. The van der Waals surface area contributed by atoms with Gasteiger partial charge in [0.15, 0.2) is 0 Å². The molecular weight excluding hydrogens is 353 g/mol. The molecule has 1 atom stereocenters. The van der Waals surface area contributed by atoms with Gasteiger partial charge in [-0.05, 0) is 31.0 Å². The van der Waals surface area contributed by atoms with E-state index in [1.807, 2.05) is 23.9 Å². The lowest BCUT2D eigenvalue weighted by molar-refractivity contribution is -0.116. The molecule has 4 nitrogen and oxygen atoms in total. The van der Waals surface area contributed by atoms with E-state index in [-0.39, 0.29) is 30.7 Å². The second-order valence-corrected chi connectivity index (χ2v) is 6.87. The van der Waals surface area contributed by atoms with Crippen LogP contribution in [-0.2, 0) is 4.79 Å². The van der Waals surface area contributed by atoms with Gasteiger partial charge >= 0.3 is 0 Å². The van der Waals surface area contributed by atoms with Crippen LogP contribution in [0.3, 0.4) is 0 Å². The molecule has 1 amide bonds. The Labute approximate surface area is 155 Å². The molecule has 2 aliphatic rings. The van der Waals surface area contributed by atoms with E-state index in [0.29, 0.717) is 12.5 Å². The summed E-state index contributed by atoms with van der Waals surface area (Å²) < 4.78 is 0. The number of halogens is 2. The summed E-state index contributed by atoms with van der Waals surface area (Å²) in [5, 5.41) is 6.44. The van der Waals surface area contributed by atoms with Crippen LogP contribution in [0.15, 0.2) is 24.3 Å². The number of thioether (sulfide) groups is 1. The first-order chi connectivity index (χ1) is 10.3. The number of hydrogen-bond donors (Lipinski definition) is 2. The number of nitrogens with one attached hydrogen (secondary N) is 2. The van der Waals surface area contributed by atoms with Crippen molar-refractivity contribution >= 4 is 53.9 Å². The van der Waals surface area contributed by atoms with Gasteiger partial charge in [-0.2, -0.15) is 11.8 Å². The molecule has 1 unspecified atom stereocenters. The van der Waals surface area contributed by atoms with Crippen molar-refractivity contribution in [2.24, 2.45) is 0 Å². The zero-order valence-corrected chi connectivity index (χ0v) is 15.6. The molecule has 0 saturated carbocycles. The number of benzene rings is 1. The Kier molecular flexibility index (Phi) is 9.14. The van der Waals surface area contributed by atoms with Gasteiger partial charge in [-0.3, -0.25) is 4.79 Å². The molecule has 0 aromatic heterocycles. The lowest BCUT2D eigenvalue weighted by Gasteiger charge is -2.22. The molecule has 3 rings (SSSR count). The van der Waals surface area contributed by atoms with E-state index in [1.54, 1.807) is 0 Å². The molecule has 2 fully saturated rings. The van der Waals surface area contributed by atoms with Gasteiger partial charge < -0.3 is 15.5 Å². The van der Waals surface area contributed by atoms with Crippen molar-refractivity contribution in [2.75, 3.05) is 41.4 Å². The summed E-state index contributed by atoms with van der Waals surface area (Å²) in [6.07, 6.45) is 3.09. The maximum atomic E-state index is 12.1. The minimum Gasteiger partial charge on any atom is -0.371 e. The molecule has 2 heterocycles. The first kappa shape index (κ1) is 20.4. The van der Waals surface area contributed by atoms with Crippen LogP contribution >= 0.6 is 36.6 Å². The Morgan fingerprint density at radius 3 is 2.78 bits per heavy atom. The summed E-state index contributed by atoms with van der Waals surface area (Å²) in [7, 11) is 0. The number of rotatable bonds is 4. The Balaban J connectivity index is 0.00000132. The maximum absolute atomic E-state index is 12.1. The van der Waals surface area contributed by atoms with Crippen molar-refractivity contribution in [3.63, 3.8) is 0 Å². The predicted octanol–water partition coefficient (Wildman–Crippen LogP) is 3.16. The van der Waals surface area contributed by atoms with Gasteiger partial charge in [0.05, 0.1) is 0 Å². The second kappa shape index (κ2) is 10.3. The molecule has 0 radical (unpaired) electrons. The molecule has 0 spiro atoms. The van der Waals surface area contributed by atoms with Gasteiger partial charge in [0, 0.05) is 55.0 Å². The van der Waals surface area contributed by atoms with E-state index in [2.05, 4.69) is 27.7 Å². The van der Waals surface area contributed by atoms with Gasteiger partial charge in [0.2, 0.25) is 5.91 Å². The normalized spacial score (nSPS) is 20.3. The molecule has 1 aromatic carbocycles. The topological polar surface area (TPSA) is 44.4 Å². The van der Waals surface area contributed by atoms with E-state index >= 15 is 0 Å². The minimum atomic E-state index is 0. The highest BCUT2D eigenvalue weighted by molar-refractivity contribution is 7.99. The molecular formula is C16H25Cl2N3OS. The monoisotopic (exact) mass is 377 g/mol. The van der Waals surface area contributed by atoms with Crippen molar-refractivity contribution in [1.29, 1.82) is 0 Å². The van der Waals surface area contributed by atoms with E-state index in [9.17, 15) is 4.79 Å². The third-order valence-electron chi connectivity index (χ3n) is 4.03. The lowest BCUT2D eigenvalue weighted by atomic mass is 10.2. The Morgan fingerprint density at radius 1 is 1.30 bits per heavy atom. The van der Waals surface area contributed by atoms with Gasteiger partial charge in [-0.25, -0.2) is 0 Å². The summed E-state index contributed by atoms with van der Waals surface area (Å²) in [4.78, 5) is 14.5. The Morgan fingerprint density at radius 2 is 2.09 bits per heavy atom. The minimum absolute atomic E-state index is 0. The largest absolute Gasteiger partial charge is 0.371 e. The fourth-order valence-electron chi connectivity index (χ4n) is 2.94. The first-order valence-electron chi connectivity index (χ1n) is 7.77. The standard InChI is InChI=1S/C16H23N3OS.2ClH/c20-16(11-14-12-21-9-6-17-14)18-13-4-3-5-15(10-13)19-7-1-2-8-19;;/h3-5,10,14,17H,1-2,6-9,11-12H2,(H,18,20);2*1H. The first-order valence-corrected chi connectivity index (χ1v) is 8.93. The van der Waals surface area contributed by atoms with Crippen LogP contribution in [0.25, 0.3) is 0 Å². The molecule has 130 valence electrons. The zero-order chi connectivity index (χ0) is 14.5. The number of hydrogen-bond acceptors (Lipinski definition) is 4. The highest BCUT2D eigenvalue weighted by Crippen LogP contribution is 2.23. The number of nitrogens with zero attached hydrogens (tertiary/aromatic N) is 1. The van der Waals surface area contributed by atoms with Crippen molar-refractivity contribution in [1.82, 2.24) is 5.32 Å². The Hall–Kier alpha value is -0.620. The van der Waals surface area contributed by atoms with Gasteiger partial charge in [-0.15, -0.1) is 24.8 Å². The van der Waals surface area contributed by atoms with Gasteiger partial charge in [-0.1, -0.05) is 6.07 Å². The third kappa shape index (κ3) is 6.07. The molecule has 2 saturated heterocycles. The molecule has 7 heteroatoms. The van der Waals surface area contributed by atoms with E-state index in [1.165, 1.54) is 18.5 Å². The van der Waals surface area contributed by atoms with E-state index in [0.717, 1.165) is 36.8 Å². The van der Waals surface area contributed by atoms with E-state index < -0.39 is 0 Å². The van der Waals surface area contributed by atoms with E-state index in [4.69, 9.17) is 0 Å². The summed E-state index contributed by atoms with van der Waals surface area (Å²) in [6.45, 7) is 3.26. The fraction of sp³-hybridized carbons (Fsp3) is 0.562. The van der Waals surface area contributed by atoms with Crippen LogP contribution in [0, 0.1) is 0 Å². The van der Waals surface area contributed by atoms with Crippen LogP contribution in [0.1, 0.15) is 19.3 Å². The van der Waals surface area contributed by atoms with Crippen LogP contribution < -0.4 is 15.5 Å². The highest BCUT2D eigenvalue weighted by Gasteiger charge is 2.17. The predicted molar refractivity (Wildman–Crippen MR) is 105 cm³/mol. The van der Waals surface area contributed by atoms with Crippen LogP contribution in [0.5, 0.6) is 0 Å². The average Bonchev–Trinajstić information content (AvgIpc) is 3.02. The second-order valence-electron chi connectivity index (χ2n) is 5.72. The van der Waals surface area contributed by atoms with Crippen molar-refractivity contribution in [3.05, 3.63) is 24.3 Å². The number of amides is 1. The number of carbonyl (C=O) groups is 1. The molecule has 2 N–H and O–H groups in total. The lowest BCUT2D eigenvalue weighted by Crippen LogP contribution is -2.39. The van der Waals surface area contributed by atoms with Crippen LogP contribution in [0.4, 0.5) is 11.4 Å². The summed E-state index contributed by atoms with van der Waals surface area (Å²) in [5.74, 6) is 2.28. The highest BCUT2D eigenvalue weighted by atomic mass is 35.5. The summed E-state index contributed by atoms with van der Waals surface area (Å²) >= 11 is 1.92. The molecule has 1 aromatic rings. The number of carbonyl (C=O) groups excluding carboxylic acids is 1. The molecule has 2 aliphatic heterocycles. The third-order valence-corrected chi connectivity index (χ3v) is 5.16. The van der Waals surface area contributed by atoms with Crippen LogP contribution in [0.2, 0.25) is 0 Å². The quantitative estimate of drug-likeness (QED) is 0.845. The van der Waals surface area contributed by atoms with Crippen LogP contribution in [-0.4, -0.2) is 43.1 Å². The summed E-state index contributed by atoms with van der Waals surface area (Å²) in [5.41, 5.74) is 2.13. The molecule has 0 bridgehead atoms. The van der Waals surface area contributed by atoms with Crippen molar-refractivity contribution in [3.8, 4) is 0 Å². The van der Waals surface area contributed by atoms with Crippen molar-refractivity contribution < 1.29 is 4.79 Å².